The molecule has 196 valence electrons. The molecule has 0 unspecified atom stereocenters. The lowest BCUT2D eigenvalue weighted by Gasteiger charge is -2.31. The number of ether oxygens (including phenoxy) is 3. The van der Waals surface area contributed by atoms with Gasteiger partial charge in [-0.05, 0) is 44.1 Å². The number of morpholine rings is 2. The molecule has 3 aromatic rings. The van der Waals surface area contributed by atoms with Crippen LogP contribution in [0, 0.1) is 11.7 Å². The lowest BCUT2D eigenvalue weighted by molar-refractivity contribution is 0.122. The Kier molecular flexibility index (Phi) is 7.27. The average molecular weight is 509 g/mol. The van der Waals surface area contributed by atoms with E-state index in [2.05, 4.69) is 37.0 Å². The highest BCUT2D eigenvalue weighted by Gasteiger charge is 2.27. The molecule has 1 aliphatic carbocycles. The Balaban J connectivity index is 1.11. The van der Waals surface area contributed by atoms with E-state index >= 15 is 4.39 Å². The number of anilines is 2. The average Bonchev–Trinajstić information content (AvgIpc) is 2.96. The first kappa shape index (κ1) is 24.2. The Morgan fingerprint density at radius 1 is 0.838 bits per heavy atom. The highest BCUT2D eigenvalue weighted by atomic mass is 19.1. The zero-order valence-corrected chi connectivity index (χ0v) is 21.0. The van der Waals surface area contributed by atoms with Crippen molar-refractivity contribution < 1.29 is 18.6 Å². The molecule has 0 spiro atoms. The molecule has 2 aromatic heterocycles. The molecule has 0 N–H and O–H groups in total. The summed E-state index contributed by atoms with van der Waals surface area (Å²) in [4.78, 5) is 21.9. The molecule has 0 radical (unpaired) electrons. The Morgan fingerprint density at radius 3 is 2.30 bits per heavy atom. The molecule has 9 nitrogen and oxygen atoms in total. The Hall–Kier alpha value is -3.11. The van der Waals surface area contributed by atoms with E-state index < -0.39 is 0 Å². The van der Waals surface area contributed by atoms with E-state index in [-0.39, 0.29) is 11.9 Å². The van der Waals surface area contributed by atoms with Crippen LogP contribution in [0.15, 0.2) is 30.9 Å². The second-order valence-corrected chi connectivity index (χ2v) is 9.99. The van der Waals surface area contributed by atoms with E-state index in [1.807, 2.05) is 4.90 Å². The summed E-state index contributed by atoms with van der Waals surface area (Å²) in [7, 11) is 0. The molecular weight excluding hydrogens is 475 g/mol. The molecule has 6 rings (SSSR count). The minimum atomic E-state index is -0.284. The minimum absolute atomic E-state index is 0.0977. The van der Waals surface area contributed by atoms with Crippen molar-refractivity contribution in [3.8, 4) is 5.75 Å². The summed E-state index contributed by atoms with van der Waals surface area (Å²) in [6, 6.07) is 4.18. The van der Waals surface area contributed by atoms with Crippen molar-refractivity contribution in [3.63, 3.8) is 0 Å². The van der Waals surface area contributed by atoms with Crippen molar-refractivity contribution in [2.24, 2.45) is 5.92 Å². The highest BCUT2D eigenvalue weighted by molar-refractivity contribution is 5.85. The third-order valence-corrected chi connectivity index (χ3v) is 7.62. The van der Waals surface area contributed by atoms with Crippen molar-refractivity contribution in [1.29, 1.82) is 0 Å². The summed E-state index contributed by atoms with van der Waals surface area (Å²) in [5.74, 6) is 1.27. The van der Waals surface area contributed by atoms with Crippen LogP contribution in [-0.4, -0.2) is 78.6 Å². The topological polar surface area (TPSA) is 85.7 Å². The van der Waals surface area contributed by atoms with E-state index in [0.717, 1.165) is 74.5 Å². The van der Waals surface area contributed by atoms with Crippen LogP contribution >= 0.6 is 0 Å². The van der Waals surface area contributed by atoms with Crippen LogP contribution in [0.25, 0.3) is 11.0 Å². The van der Waals surface area contributed by atoms with Gasteiger partial charge in [0.2, 0.25) is 0 Å². The summed E-state index contributed by atoms with van der Waals surface area (Å²) < 4.78 is 32.7. The molecule has 37 heavy (non-hydrogen) atoms. The maximum absolute atomic E-state index is 15.3. The first-order valence-electron chi connectivity index (χ1n) is 13.3. The minimum Gasteiger partial charge on any atom is -0.488 e. The predicted molar refractivity (Wildman–Crippen MR) is 138 cm³/mol. The fraction of sp³-hybridized carbons (Fsp3) is 0.556. The lowest BCUT2D eigenvalue weighted by Crippen LogP contribution is -2.37. The van der Waals surface area contributed by atoms with E-state index in [1.165, 1.54) is 6.33 Å². The summed E-state index contributed by atoms with van der Waals surface area (Å²) in [5.41, 5.74) is 3.24. The van der Waals surface area contributed by atoms with E-state index in [4.69, 9.17) is 14.2 Å². The van der Waals surface area contributed by atoms with Gasteiger partial charge in [0.25, 0.3) is 0 Å². The smallest absolute Gasteiger partial charge is 0.187 e. The molecule has 2 aliphatic heterocycles. The maximum Gasteiger partial charge on any atom is 0.187 e. The monoisotopic (exact) mass is 508 g/mol. The summed E-state index contributed by atoms with van der Waals surface area (Å²) in [6.07, 6.45) is 9.40. The Bertz CT molecular complexity index is 1210. The standard InChI is InChI=1S/C27H33FN6O3/c28-25-22(31-18-32-27(25)34-9-13-36-14-10-34)15-19-1-3-21(4-2-19)37-24-17-20(33-7-11-35-12-8-33)16-23-26(24)30-6-5-29-23/h5-6,16-19,21H,1-4,7-15H2. The van der Waals surface area contributed by atoms with Crippen LogP contribution in [0.3, 0.4) is 0 Å². The van der Waals surface area contributed by atoms with Gasteiger partial charge in [-0.3, -0.25) is 4.98 Å². The van der Waals surface area contributed by atoms with Crippen LogP contribution in [0.2, 0.25) is 0 Å². The quantitative estimate of drug-likeness (QED) is 0.497. The fourth-order valence-electron chi connectivity index (χ4n) is 5.56. The molecule has 0 bridgehead atoms. The Morgan fingerprint density at radius 2 is 1.54 bits per heavy atom. The second kappa shape index (κ2) is 11.1. The number of aromatic nitrogens is 4. The molecule has 1 saturated carbocycles. The molecular formula is C27H33FN6O3. The number of fused-ring (bicyclic) bond motifs is 1. The molecule has 3 fully saturated rings. The van der Waals surface area contributed by atoms with Crippen LogP contribution in [0.1, 0.15) is 31.4 Å². The van der Waals surface area contributed by atoms with Gasteiger partial charge in [-0.1, -0.05) is 0 Å². The van der Waals surface area contributed by atoms with Crippen molar-refractivity contribution in [2.45, 2.75) is 38.2 Å². The van der Waals surface area contributed by atoms with Crippen molar-refractivity contribution in [3.05, 3.63) is 42.4 Å². The van der Waals surface area contributed by atoms with Crippen LogP contribution in [-0.2, 0) is 15.9 Å². The van der Waals surface area contributed by atoms with Crippen LogP contribution in [0.5, 0.6) is 5.75 Å². The highest BCUT2D eigenvalue weighted by Crippen LogP contribution is 2.35. The Labute approximate surface area is 216 Å². The van der Waals surface area contributed by atoms with Gasteiger partial charge in [-0.15, -0.1) is 0 Å². The molecule has 10 heteroatoms. The number of nitrogens with zero attached hydrogens (tertiary/aromatic N) is 6. The summed E-state index contributed by atoms with van der Waals surface area (Å²) in [6.45, 7) is 5.65. The lowest BCUT2D eigenvalue weighted by atomic mass is 9.84. The van der Waals surface area contributed by atoms with E-state index in [1.54, 1.807) is 12.4 Å². The van der Waals surface area contributed by atoms with Gasteiger partial charge in [-0.25, -0.2) is 19.3 Å². The van der Waals surface area contributed by atoms with Crippen molar-refractivity contribution >= 4 is 22.5 Å². The van der Waals surface area contributed by atoms with Crippen LogP contribution in [0.4, 0.5) is 15.9 Å². The maximum atomic E-state index is 15.3. The van der Waals surface area contributed by atoms with Gasteiger partial charge in [-0.2, -0.15) is 0 Å². The molecule has 2 saturated heterocycles. The van der Waals surface area contributed by atoms with Crippen molar-refractivity contribution in [1.82, 2.24) is 19.9 Å². The normalized spacial score (nSPS) is 22.8. The number of benzene rings is 1. The van der Waals surface area contributed by atoms with Gasteiger partial charge >= 0.3 is 0 Å². The van der Waals surface area contributed by atoms with Crippen LogP contribution < -0.4 is 14.5 Å². The number of hydrogen-bond acceptors (Lipinski definition) is 9. The van der Waals surface area contributed by atoms with Gasteiger partial charge in [0.1, 0.15) is 17.6 Å². The SMILES string of the molecule is Fc1c(CC2CCC(Oc3cc(N4CCOCC4)cc4nccnc34)CC2)ncnc1N1CCOCC1. The molecule has 1 aromatic carbocycles. The summed E-state index contributed by atoms with van der Waals surface area (Å²) >= 11 is 0. The zero-order valence-electron chi connectivity index (χ0n) is 21.0. The number of hydrogen-bond donors (Lipinski definition) is 0. The second-order valence-electron chi connectivity index (χ2n) is 9.99. The molecule has 0 amide bonds. The van der Waals surface area contributed by atoms with Gasteiger partial charge in [0.05, 0.1) is 43.7 Å². The number of rotatable bonds is 6. The van der Waals surface area contributed by atoms with Gasteiger partial charge in [0.15, 0.2) is 11.6 Å². The van der Waals surface area contributed by atoms with E-state index in [9.17, 15) is 0 Å². The molecule has 0 atom stereocenters. The van der Waals surface area contributed by atoms with Gasteiger partial charge < -0.3 is 24.0 Å². The van der Waals surface area contributed by atoms with Crippen molar-refractivity contribution in [2.75, 3.05) is 62.4 Å². The first-order chi connectivity index (χ1) is 18.2. The zero-order chi connectivity index (χ0) is 25.0. The van der Waals surface area contributed by atoms with E-state index in [0.29, 0.717) is 50.2 Å². The predicted octanol–water partition coefficient (Wildman–Crippen LogP) is 3.41. The largest absolute Gasteiger partial charge is 0.488 e. The number of halogens is 1. The molecule has 3 aliphatic rings. The third kappa shape index (κ3) is 5.45. The third-order valence-electron chi connectivity index (χ3n) is 7.62. The summed E-state index contributed by atoms with van der Waals surface area (Å²) in [5, 5.41) is 0. The van der Waals surface area contributed by atoms with Gasteiger partial charge in [0, 0.05) is 50.3 Å². The molecule has 4 heterocycles. The fourth-order valence-corrected chi connectivity index (χ4v) is 5.56. The first-order valence-corrected chi connectivity index (χ1v) is 13.3.